The van der Waals surface area contributed by atoms with E-state index in [0.717, 1.165) is 19.6 Å². The number of amides is 1. The molecule has 2 aromatic carbocycles. The Morgan fingerprint density at radius 1 is 1.17 bits per heavy atom. The van der Waals surface area contributed by atoms with Gasteiger partial charge in [0.2, 0.25) is 5.91 Å². The quantitative estimate of drug-likeness (QED) is 0.369. The van der Waals surface area contributed by atoms with E-state index in [4.69, 9.17) is 9.47 Å². The number of anilines is 1. The van der Waals surface area contributed by atoms with Crippen LogP contribution >= 0.6 is 11.3 Å². The fourth-order valence-corrected chi connectivity index (χ4v) is 6.41. The number of hydrogen-bond acceptors (Lipinski definition) is 8. The number of fused-ring (bicyclic) bond motifs is 1. The van der Waals surface area contributed by atoms with Crippen LogP contribution in [0, 0.1) is 5.82 Å². The van der Waals surface area contributed by atoms with Crippen molar-refractivity contribution in [3.63, 3.8) is 0 Å². The average molecular weight is 536 g/mol. The SMILES string of the molecule is COc1ccc(S(=O)(=O)CCCC(=O)N(CCCN2CCOCC2)c2nc3c(F)cccc3s2)cc1. The summed E-state index contributed by atoms with van der Waals surface area (Å²) in [5.74, 6) is -0.229. The molecule has 1 aromatic heterocycles. The highest BCUT2D eigenvalue weighted by atomic mass is 32.2. The van der Waals surface area contributed by atoms with E-state index in [1.54, 1.807) is 29.2 Å². The summed E-state index contributed by atoms with van der Waals surface area (Å²) in [4.78, 5) is 21.7. The van der Waals surface area contributed by atoms with Crippen molar-refractivity contribution in [1.29, 1.82) is 0 Å². The molecule has 0 atom stereocenters. The highest BCUT2D eigenvalue weighted by Crippen LogP contribution is 2.31. The number of para-hydroxylation sites is 1. The van der Waals surface area contributed by atoms with Gasteiger partial charge in [-0.2, -0.15) is 0 Å². The second kappa shape index (κ2) is 12.1. The third kappa shape index (κ3) is 6.58. The minimum atomic E-state index is -3.54. The number of halogens is 1. The second-order valence-corrected chi connectivity index (χ2v) is 11.7. The number of hydrogen-bond donors (Lipinski definition) is 0. The van der Waals surface area contributed by atoms with Crippen molar-refractivity contribution in [3.05, 3.63) is 48.3 Å². The van der Waals surface area contributed by atoms with Crippen LogP contribution in [0.25, 0.3) is 10.2 Å². The van der Waals surface area contributed by atoms with Crippen LogP contribution in [-0.4, -0.2) is 76.5 Å². The predicted molar refractivity (Wildman–Crippen MR) is 138 cm³/mol. The van der Waals surface area contributed by atoms with Gasteiger partial charge in [0.25, 0.3) is 0 Å². The number of sulfone groups is 1. The molecule has 11 heteroatoms. The summed E-state index contributed by atoms with van der Waals surface area (Å²) in [5.41, 5.74) is 0.241. The fourth-order valence-electron chi connectivity index (χ4n) is 4.07. The first-order valence-electron chi connectivity index (χ1n) is 11.9. The molecule has 36 heavy (non-hydrogen) atoms. The van der Waals surface area contributed by atoms with E-state index in [2.05, 4.69) is 9.88 Å². The molecule has 0 bridgehead atoms. The third-order valence-electron chi connectivity index (χ3n) is 6.07. The predicted octanol–water partition coefficient (Wildman–Crippen LogP) is 3.75. The summed E-state index contributed by atoms with van der Waals surface area (Å²) in [5, 5.41) is 0.431. The first kappa shape index (κ1) is 26.5. The lowest BCUT2D eigenvalue weighted by Gasteiger charge is -2.27. The third-order valence-corrected chi connectivity index (χ3v) is 8.93. The van der Waals surface area contributed by atoms with Crippen LogP contribution in [0.4, 0.5) is 9.52 Å². The molecule has 0 aliphatic carbocycles. The van der Waals surface area contributed by atoms with Crippen molar-refractivity contribution < 1.29 is 27.1 Å². The van der Waals surface area contributed by atoms with Crippen LogP contribution in [0.2, 0.25) is 0 Å². The van der Waals surface area contributed by atoms with Crippen molar-refractivity contribution in [2.24, 2.45) is 0 Å². The van der Waals surface area contributed by atoms with Crippen molar-refractivity contribution in [2.45, 2.75) is 24.2 Å². The van der Waals surface area contributed by atoms with Gasteiger partial charge in [0, 0.05) is 32.6 Å². The van der Waals surface area contributed by atoms with Gasteiger partial charge in [-0.05, 0) is 49.2 Å². The molecule has 1 fully saturated rings. The normalized spacial score (nSPS) is 14.7. The molecule has 3 aromatic rings. The number of carbonyl (C=O) groups is 1. The topological polar surface area (TPSA) is 89.0 Å². The molecule has 194 valence electrons. The molecular formula is C25H30FN3O5S2. The number of benzene rings is 2. The largest absolute Gasteiger partial charge is 0.497 e. The van der Waals surface area contributed by atoms with Crippen LogP contribution in [0.3, 0.4) is 0 Å². The number of morpholine rings is 1. The van der Waals surface area contributed by atoms with Crippen LogP contribution < -0.4 is 9.64 Å². The number of nitrogens with zero attached hydrogens (tertiary/aromatic N) is 3. The Labute approximate surface area is 214 Å². The zero-order chi connectivity index (χ0) is 25.5. The lowest BCUT2D eigenvalue weighted by Crippen LogP contribution is -2.39. The molecule has 1 amide bonds. The van der Waals surface area contributed by atoms with Crippen LogP contribution in [0.5, 0.6) is 5.75 Å². The highest BCUT2D eigenvalue weighted by Gasteiger charge is 2.22. The average Bonchev–Trinajstić information content (AvgIpc) is 3.32. The summed E-state index contributed by atoms with van der Waals surface area (Å²) in [6, 6.07) is 10.9. The fraction of sp³-hybridized carbons (Fsp3) is 0.440. The van der Waals surface area contributed by atoms with E-state index >= 15 is 0 Å². The Balaban J connectivity index is 1.42. The summed E-state index contributed by atoms with van der Waals surface area (Å²) in [7, 11) is -2.02. The van der Waals surface area contributed by atoms with Gasteiger partial charge in [-0.1, -0.05) is 17.4 Å². The number of thiazole rings is 1. The van der Waals surface area contributed by atoms with Crippen molar-refractivity contribution in [2.75, 3.05) is 57.2 Å². The molecule has 0 radical (unpaired) electrons. The van der Waals surface area contributed by atoms with E-state index in [1.807, 2.05) is 0 Å². The number of rotatable bonds is 11. The Kier molecular flexibility index (Phi) is 8.89. The summed E-state index contributed by atoms with van der Waals surface area (Å²) < 4.78 is 50.8. The molecule has 1 aliphatic heterocycles. The first-order valence-corrected chi connectivity index (χ1v) is 14.4. The maximum atomic E-state index is 14.2. The zero-order valence-corrected chi connectivity index (χ0v) is 21.8. The van der Waals surface area contributed by atoms with Crippen molar-refractivity contribution in [1.82, 2.24) is 9.88 Å². The number of ether oxygens (including phenoxy) is 2. The van der Waals surface area contributed by atoms with Gasteiger partial charge in [-0.3, -0.25) is 14.6 Å². The Bertz CT molecular complexity index is 1270. The lowest BCUT2D eigenvalue weighted by atomic mass is 10.2. The Morgan fingerprint density at radius 3 is 2.61 bits per heavy atom. The van der Waals surface area contributed by atoms with Gasteiger partial charge in [0.15, 0.2) is 15.0 Å². The number of aromatic nitrogens is 1. The van der Waals surface area contributed by atoms with Gasteiger partial charge in [0.1, 0.15) is 17.1 Å². The standard InChI is InChI=1S/C25H30FN3O5S2/c1-33-19-8-10-20(11-9-19)36(31,32)18-3-7-23(30)29(13-4-12-28-14-16-34-17-15-28)25-27-24-21(26)5-2-6-22(24)35-25/h2,5-6,8-11H,3-4,7,12-18H2,1H3. The molecule has 1 saturated heterocycles. The van der Waals surface area contributed by atoms with Crippen molar-refractivity contribution in [3.8, 4) is 5.75 Å². The monoisotopic (exact) mass is 535 g/mol. The maximum absolute atomic E-state index is 14.2. The van der Waals surface area contributed by atoms with E-state index < -0.39 is 15.7 Å². The van der Waals surface area contributed by atoms with Gasteiger partial charge in [0.05, 0.1) is 35.7 Å². The van der Waals surface area contributed by atoms with Crippen LogP contribution in [0.1, 0.15) is 19.3 Å². The maximum Gasteiger partial charge on any atom is 0.228 e. The van der Waals surface area contributed by atoms with Gasteiger partial charge < -0.3 is 9.47 Å². The zero-order valence-electron chi connectivity index (χ0n) is 20.2. The molecule has 8 nitrogen and oxygen atoms in total. The molecule has 0 N–H and O–H groups in total. The van der Waals surface area contributed by atoms with E-state index in [1.165, 1.54) is 36.6 Å². The van der Waals surface area contributed by atoms with Crippen molar-refractivity contribution >= 4 is 42.4 Å². The molecule has 0 unspecified atom stereocenters. The Morgan fingerprint density at radius 2 is 1.92 bits per heavy atom. The van der Waals surface area contributed by atoms with E-state index in [9.17, 15) is 17.6 Å². The lowest BCUT2D eigenvalue weighted by molar-refractivity contribution is -0.118. The highest BCUT2D eigenvalue weighted by molar-refractivity contribution is 7.91. The van der Waals surface area contributed by atoms with Gasteiger partial charge >= 0.3 is 0 Å². The molecule has 1 aliphatic rings. The molecule has 4 rings (SSSR count). The number of carbonyl (C=O) groups excluding carboxylic acids is 1. The molecule has 0 saturated carbocycles. The molecule has 0 spiro atoms. The van der Waals surface area contributed by atoms with E-state index in [-0.39, 0.29) is 34.9 Å². The summed E-state index contributed by atoms with van der Waals surface area (Å²) in [6.07, 6.45) is 0.937. The van der Waals surface area contributed by atoms with Crippen LogP contribution in [0.15, 0.2) is 47.4 Å². The second-order valence-electron chi connectivity index (χ2n) is 8.53. The summed E-state index contributed by atoms with van der Waals surface area (Å²) in [6.45, 7) is 4.32. The smallest absolute Gasteiger partial charge is 0.228 e. The molecule has 2 heterocycles. The number of methoxy groups -OCH3 is 1. The molecular weight excluding hydrogens is 505 g/mol. The Hall–Kier alpha value is -2.60. The van der Waals surface area contributed by atoms with Crippen LogP contribution in [-0.2, 0) is 19.4 Å². The van der Waals surface area contributed by atoms with Gasteiger partial charge in [-0.25, -0.2) is 17.8 Å². The van der Waals surface area contributed by atoms with E-state index in [0.29, 0.717) is 41.8 Å². The first-order chi connectivity index (χ1) is 17.4. The minimum absolute atomic E-state index is 0.0470. The summed E-state index contributed by atoms with van der Waals surface area (Å²) >= 11 is 1.26. The van der Waals surface area contributed by atoms with Gasteiger partial charge in [-0.15, -0.1) is 0 Å². The minimum Gasteiger partial charge on any atom is -0.497 e.